The van der Waals surface area contributed by atoms with Crippen molar-refractivity contribution in [2.24, 2.45) is 0 Å². The van der Waals surface area contributed by atoms with Crippen LogP contribution in [-0.2, 0) is 4.79 Å². The Labute approximate surface area is 88.3 Å². The number of rotatable bonds is 5. The Morgan fingerprint density at radius 3 is 2.73 bits per heavy atom. The Hall–Kier alpha value is -1.46. The zero-order valence-electron chi connectivity index (χ0n) is 9.21. The second-order valence-corrected chi connectivity index (χ2v) is 3.69. The van der Waals surface area contributed by atoms with Crippen molar-refractivity contribution in [2.75, 3.05) is 0 Å². The molecule has 2 unspecified atom stereocenters. The fraction of sp³-hybridized carbons (Fsp3) is 0.778. The fourth-order valence-electron chi connectivity index (χ4n) is 1.47. The first-order chi connectivity index (χ1) is 7.07. The van der Waals surface area contributed by atoms with Crippen LogP contribution in [0.1, 0.15) is 51.4 Å². The van der Waals surface area contributed by atoms with Gasteiger partial charge in [-0.2, -0.15) is 0 Å². The topological polar surface area (TPSA) is 80.9 Å². The largest absolute Gasteiger partial charge is 0.480 e. The van der Waals surface area contributed by atoms with Crippen LogP contribution in [0.25, 0.3) is 0 Å². The van der Waals surface area contributed by atoms with Crippen molar-refractivity contribution in [1.29, 1.82) is 0 Å². The van der Waals surface area contributed by atoms with Gasteiger partial charge >= 0.3 is 5.97 Å². The lowest BCUT2D eigenvalue weighted by atomic mass is 10.1. The SMILES string of the molecule is CCCC(C)c1nnnn1C(C)C(=O)O. The summed E-state index contributed by atoms with van der Waals surface area (Å²) in [5, 5.41) is 20.0. The summed E-state index contributed by atoms with van der Waals surface area (Å²) >= 11 is 0. The molecule has 0 aliphatic carbocycles. The molecule has 0 fully saturated rings. The molecule has 1 aromatic heterocycles. The summed E-state index contributed by atoms with van der Waals surface area (Å²) in [5.74, 6) is -0.0919. The first kappa shape index (κ1) is 11.6. The highest BCUT2D eigenvalue weighted by Gasteiger charge is 2.21. The van der Waals surface area contributed by atoms with E-state index >= 15 is 0 Å². The molecule has 0 saturated carbocycles. The average Bonchev–Trinajstić information content (AvgIpc) is 2.65. The lowest BCUT2D eigenvalue weighted by Gasteiger charge is -2.12. The van der Waals surface area contributed by atoms with Crippen molar-refractivity contribution in [3.63, 3.8) is 0 Å². The van der Waals surface area contributed by atoms with E-state index in [2.05, 4.69) is 22.4 Å². The first-order valence-corrected chi connectivity index (χ1v) is 5.08. The molecule has 1 aromatic rings. The molecule has 84 valence electrons. The summed E-state index contributed by atoms with van der Waals surface area (Å²) in [6.45, 7) is 5.65. The minimum absolute atomic E-state index is 0.187. The molecule has 0 spiro atoms. The number of carbonyl (C=O) groups is 1. The quantitative estimate of drug-likeness (QED) is 0.793. The first-order valence-electron chi connectivity index (χ1n) is 5.08. The van der Waals surface area contributed by atoms with E-state index < -0.39 is 12.0 Å². The Morgan fingerprint density at radius 1 is 1.53 bits per heavy atom. The van der Waals surface area contributed by atoms with Crippen LogP contribution in [0.2, 0.25) is 0 Å². The van der Waals surface area contributed by atoms with E-state index in [1.54, 1.807) is 6.92 Å². The van der Waals surface area contributed by atoms with E-state index in [1.165, 1.54) is 4.68 Å². The molecule has 6 nitrogen and oxygen atoms in total. The van der Waals surface area contributed by atoms with Gasteiger partial charge < -0.3 is 5.11 Å². The molecular weight excluding hydrogens is 196 g/mol. The molecule has 15 heavy (non-hydrogen) atoms. The third kappa shape index (κ3) is 2.51. The Morgan fingerprint density at radius 2 is 2.20 bits per heavy atom. The zero-order chi connectivity index (χ0) is 11.4. The Balaban J connectivity index is 2.90. The van der Waals surface area contributed by atoms with Crippen LogP contribution in [0, 0.1) is 0 Å². The van der Waals surface area contributed by atoms with Crippen LogP contribution in [0.5, 0.6) is 0 Å². The maximum Gasteiger partial charge on any atom is 0.328 e. The summed E-state index contributed by atoms with van der Waals surface area (Å²) in [6.07, 6.45) is 1.97. The number of nitrogens with zero attached hydrogens (tertiary/aromatic N) is 4. The van der Waals surface area contributed by atoms with E-state index in [1.807, 2.05) is 6.92 Å². The molecule has 0 aliphatic heterocycles. The number of hydrogen-bond acceptors (Lipinski definition) is 4. The molecule has 1 N–H and O–H groups in total. The molecule has 0 aliphatic rings. The predicted molar refractivity (Wildman–Crippen MR) is 53.5 cm³/mol. The van der Waals surface area contributed by atoms with Crippen LogP contribution in [-0.4, -0.2) is 31.3 Å². The second-order valence-electron chi connectivity index (χ2n) is 3.69. The van der Waals surface area contributed by atoms with Crippen molar-refractivity contribution in [3.05, 3.63) is 5.82 Å². The third-order valence-electron chi connectivity index (χ3n) is 2.40. The highest BCUT2D eigenvalue weighted by Crippen LogP contribution is 2.19. The van der Waals surface area contributed by atoms with Crippen molar-refractivity contribution < 1.29 is 9.90 Å². The van der Waals surface area contributed by atoms with Crippen molar-refractivity contribution in [3.8, 4) is 0 Å². The minimum Gasteiger partial charge on any atom is -0.480 e. The van der Waals surface area contributed by atoms with Crippen molar-refractivity contribution in [2.45, 2.75) is 45.6 Å². The van der Waals surface area contributed by atoms with Crippen LogP contribution in [0.15, 0.2) is 0 Å². The van der Waals surface area contributed by atoms with Gasteiger partial charge in [-0.3, -0.25) is 0 Å². The Bertz CT molecular complexity index is 337. The van der Waals surface area contributed by atoms with Gasteiger partial charge in [0.05, 0.1) is 0 Å². The molecule has 2 atom stereocenters. The number of carboxylic acid groups (broad SMARTS) is 1. The van der Waals surface area contributed by atoms with Gasteiger partial charge in [0.2, 0.25) is 0 Å². The average molecular weight is 212 g/mol. The standard InChI is InChI=1S/C9H16N4O2/c1-4-5-6(2)8-10-11-12-13(8)7(3)9(14)15/h6-7H,4-5H2,1-3H3,(H,14,15). The molecule has 0 amide bonds. The highest BCUT2D eigenvalue weighted by molar-refractivity contribution is 5.71. The van der Waals surface area contributed by atoms with Gasteiger partial charge in [-0.15, -0.1) is 5.10 Å². The molecule has 0 aromatic carbocycles. The van der Waals surface area contributed by atoms with E-state index in [4.69, 9.17) is 5.11 Å². The van der Waals surface area contributed by atoms with Gasteiger partial charge in [-0.25, -0.2) is 9.48 Å². The summed E-state index contributed by atoms with van der Waals surface area (Å²) in [7, 11) is 0. The normalized spacial score (nSPS) is 14.9. The lowest BCUT2D eigenvalue weighted by molar-refractivity contribution is -0.140. The maximum absolute atomic E-state index is 10.8. The number of carboxylic acids is 1. The van der Waals surface area contributed by atoms with Crippen molar-refractivity contribution in [1.82, 2.24) is 20.2 Å². The smallest absolute Gasteiger partial charge is 0.328 e. The van der Waals surface area contributed by atoms with Crippen LogP contribution >= 0.6 is 0 Å². The fourth-order valence-corrected chi connectivity index (χ4v) is 1.47. The van der Waals surface area contributed by atoms with Crippen LogP contribution in [0.3, 0.4) is 0 Å². The van der Waals surface area contributed by atoms with E-state index in [0.29, 0.717) is 5.82 Å². The van der Waals surface area contributed by atoms with Gasteiger partial charge in [-0.1, -0.05) is 20.3 Å². The van der Waals surface area contributed by atoms with Gasteiger partial charge in [0.1, 0.15) is 6.04 Å². The van der Waals surface area contributed by atoms with E-state index in [0.717, 1.165) is 12.8 Å². The number of tetrazole rings is 1. The molecule has 6 heteroatoms. The molecule has 1 rings (SSSR count). The number of aliphatic carboxylic acids is 1. The summed E-state index contributed by atoms with van der Waals surface area (Å²) in [6, 6.07) is -0.714. The summed E-state index contributed by atoms with van der Waals surface area (Å²) < 4.78 is 1.38. The predicted octanol–water partition coefficient (Wildman–Crippen LogP) is 1.22. The Kier molecular flexibility index (Phi) is 3.76. The van der Waals surface area contributed by atoms with Crippen LogP contribution < -0.4 is 0 Å². The summed E-state index contributed by atoms with van der Waals surface area (Å²) in [5.41, 5.74) is 0. The second kappa shape index (κ2) is 4.86. The van der Waals surface area contributed by atoms with Crippen molar-refractivity contribution >= 4 is 5.97 Å². The minimum atomic E-state index is -0.924. The molecule has 1 heterocycles. The molecule has 0 bridgehead atoms. The molecule has 0 saturated heterocycles. The molecule has 0 radical (unpaired) electrons. The zero-order valence-corrected chi connectivity index (χ0v) is 9.21. The van der Waals surface area contributed by atoms with E-state index in [-0.39, 0.29) is 5.92 Å². The molecular formula is C9H16N4O2. The summed E-state index contributed by atoms with van der Waals surface area (Å²) in [4.78, 5) is 10.8. The highest BCUT2D eigenvalue weighted by atomic mass is 16.4. The van der Waals surface area contributed by atoms with E-state index in [9.17, 15) is 4.79 Å². The lowest BCUT2D eigenvalue weighted by Crippen LogP contribution is -2.20. The van der Waals surface area contributed by atoms with Gasteiger partial charge in [0.25, 0.3) is 0 Å². The third-order valence-corrected chi connectivity index (χ3v) is 2.40. The van der Waals surface area contributed by atoms with Gasteiger partial charge in [-0.05, 0) is 23.8 Å². The number of hydrogen-bond donors (Lipinski definition) is 1. The monoisotopic (exact) mass is 212 g/mol. The number of aromatic nitrogens is 4. The maximum atomic E-state index is 10.8. The van der Waals surface area contributed by atoms with Gasteiger partial charge in [0, 0.05) is 5.92 Å². The van der Waals surface area contributed by atoms with Gasteiger partial charge in [0.15, 0.2) is 5.82 Å². The van der Waals surface area contributed by atoms with Crippen LogP contribution in [0.4, 0.5) is 0 Å².